The van der Waals surface area contributed by atoms with E-state index in [0.29, 0.717) is 5.25 Å². The molecule has 0 aromatic heterocycles. The highest BCUT2D eigenvalue weighted by atomic mass is 35.5. The Morgan fingerprint density at radius 1 is 1.55 bits per heavy atom. The van der Waals surface area contributed by atoms with Gasteiger partial charge in [-0.05, 0) is 23.8 Å². The molecule has 0 saturated heterocycles. The summed E-state index contributed by atoms with van der Waals surface area (Å²) in [6, 6.07) is 0. The molecule has 0 amide bonds. The molecule has 0 heterocycles. The molecule has 0 unspecified atom stereocenters. The molecule has 2 heteroatoms. The molecule has 0 bridgehead atoms. The summed E-state index contributed by atoms with van der Waals surface area (Å²) in [5.74, 6) is 0. The smallest absolute Gasteiger partial charge is 0.0374 e. The van der Waals surface area contributed by atoms with Crippen LogP contribution < -0.4 is 0 Å². The fourth-order valence-corrected chi connectivity index (χ4v) is 2.37. The van der Waals surface area contributed by atoms with Crippen molar-refractivity contribution in [1.82, 2.24) is 0 Å². The second kappa shape index (κ2) is 4.22. The fourth-order valence-electron chi connectivity index (χ4n) is 1.03. The highest BCUT2D eigenvalue weighted by molar-refractivity contribution is 8.03. The summed E-state index contributed by atoms with van der Waals surface area (Å²) in [6.07, 6.45) is 6.42. The zero-order valence-corrected chi connectivity index (χ0v) is 8.50. The first-order chi connectivity index (χ1) is 5.18. The molecule has 0 radical (unpaired) electrons. The van der Waals surface area contributed by atoms with E-state index in [-0.39, 0.29) is 0 Å². The van der Waals surface area contributed by atoms with E-state index in [1.165, 1.54) is 11.3 Å². The van der Waals surface area contributed by atoms with E-state index in [9.17, 15) is 0 Å². The first-order valence-corrected chi connectivity index (χ1v) is 5.17. The van der Waals surface area contributed by atoms with Gasteiger partial charge in [-0.15, -0.1) is 11.8 Å². The lowest BCUT2D eigenvalue weighted by molar-refractivity contribution is 1.01. The lowest BCUT2D eigenvalue weighted by atomic mass is 10.2. The van der Waals surface area contributed by atoms with Gasteiger partial charge in [0.15, 0.2) is 0 Å². The van der Waals surface area contributed by atoms with Crippen molar-refractivity contribution in [3.8, 4) is 0 Å². The van der Waals surface area contributed by atoms with Crippen molar-refractivity contribution < 1.29 is 0 Å². The minimum Gasteiger partial charge on any atom is -0.128 e. The first kappa shape index (κ1) is 9.21. The van der Waals surface area contributed by atoms with Gasteiger partial charge in [0.1, 0.15) is 0 Å². The molecule has 0 saturated carbocycles. The molecular weight excluding hydrogens is 176 g/mol. The average Bonchev–Trinajstić information content (AvgIpc) is 1.85. The topological polar surface area (TPSA) is 0 Å². The number of halogens is 1. The quantitative estimate of drug-likeness (QED) is 0.633. The average molecular weight is 189 g/mol. The van der Waals surface area contributed by atoms with Crippen LogP contribution in [0.3, 0.4) is 0 Å². The number of allylic oxidation sites excluding steroid dienone is 4. The van der Waals surface area contributed by atoms with Gasteiger partial charge in [0.2, 0.25) is 0 Å². The van der Waals surface area contributed by atoms with Crippen LogP contribution in [0.5, 0.6) is 0 Å². The number of thioether (sulfide) groups is 1. The Hall–Kier alpha value is 0.120. The maximum atomic E-state index is 5.87. The Balaban J connectivity index is 2.51. The molecule has 1 aliphatic carbocycles. The maximum absolute atomic E-state index is 5.87. The van der Waals surface area contributed by atoms with E-state index in [0.717, 1.165) is 11.5 Å². The molecule has 0 atom stereocenters. The molecule has 11 heavy (non-hydrogen) atoms. The van der Waals surface area contributed by atoms with E-state index in [1.54, 1.807) is 0 Å². The van der Waals surface area contributed by atoms with Crippen LogP contribution in [0.4, 0.5) is 0 Å². The van der Waals surface area contributed by atoms with Crippen molar-refractivity contribution in [3.05, 3.63) is 22.1 Å². The predicted octanol–water partition coefficient (Wildman–Crippen LogP) is 3.93. The summed E-state index contributed by atoms with van der Waals surface area (Å²) in [5, 5.41) is 1.57. The molecule has 0 aromatic rings. The highest BCUT2D eigenvalue weighted by Crippen LogP contribution is 2.30. The maximum Gasteiger partial charge on any atom is 0.0374 e. The van der Waals surface area contributed by atoms with Crippen molar-refractivity contribution in [1.29, 1.82) is 0 Å². The molecule has 0 aromatic carbocycles. The first-order valence-electron chi connectivity index (χ1n) is 3.91. The third-order valence-electron chi connectivity index (χ3n) is 1.42. The van der Waals surface area contributed by atoms with Crippen LogP contribution in [0, 0.1) is 0 Å². The Kier molecular flexibility index (Phi) is 3.53. The lowest BCUT2D eigenvalue weighted by Gasteiger charge is -2.11. The standard InChI is InChI=1S/C9H13ClS/c1-7(2)11-9-5-3-4-8(10)6-9/h4,6-7H,3,5H2,1-2H3. The van der Waals surface area contributed by atoms with Gasteiger partial charge in [-0.25, -0.2) is 0 Å². The van der Waals surface area contributed by atoms with Crippen LogP contribution in [0.15, 0.2) is 22.1 Å². The SMILES string of the molecule is CC(C)SC1=CC(Cl)=CCC1. The minimum atomic E-state index is 0.670. The van der Waals surface area contributed by atoms with E-state index in [2.05, 4.69) is 26.0 Å². The van der Waals surface area contributed by atoms with E-state index < -0.39 is 0 Å². The van der Waals surface area contributed by atoms with Gasteiger partial charge in [-0.1, -0.05) is 31.5 Å². The van der Waals surface area contributed by atoms with Crippen molar-refractivity contribution in [2.24, 2.45) is 0 Å². The Labute approximate surface area is 77.7 Å². The normalized spacial score (nSPS) is 18.2. The monoisotopic (exact) mass is 188 g/mol. The van der Waals surface area contributed by atoms with Crippen molar-refractivity contribution in [2.45, 2.75) is 31.9 Å². The van der Waals surface area contributed by atoms with Gasteiger partial charge in [-0.3, -0.25) is 0 Å². The van der Waals surface area contributed by atoms with Crippen LogP contribution in [0.1, 0.15) is 26.7 Å². The molecule has 0 spiro atoms. The summed E-state index contributed by atoms with van der Waals surface area (Å²) >= 11 is 7.78. The fraction of sp³-hybridized carbons (Fsp3) is 0.556. The molecule has 0 fully saturated rings. The van der Waals surface area contributed by atoms with E-state index in [1.807, 2.05) is 11.8 Å². The van der Waals surface area contributed by atoms with E-state index in [4.69, 9.17) is 11.6 Å². The molecule has 0 aliphatic heterocycles. The molecular formula is C9H13ClS. The summed E-state index contributed by atoms with van der Waals surface area (Å²) in [5.41, 5.74) is 0. The third-order valence-corrected chi connectivity index (χ3v) is 2.78. The van der Waals surface area contributed by atoms with Crippen LogP contribution in [-0.4, -0.2) is 5.25 Å². The Bertz CT molecular complexity index is 192. The van der Waals surface area contributed by atoms with Crippen LogP contribution >= 0.6 is 23.4 Å². The van der Waals surface area contributed by atoms with Crippen LogP contribution in [0.2, 0.25) is 0 Å². The third kappa shape index (κ3) is 3.35. The van der Waals surface area contributed by atoms with Crippen molar-refractivity contribution >= 4 is 23.4 Å². The number of rotatable bonds is 2. The predicted molar refractivity (Wildman–Crippen MR) is 54.0 cm³/mol. The lowest BCUT2D eigenvalue weighted by Crippen LogP contribution is -1.91. The second-order valence-electron chi connectivity index (χ2n) is 2.90. The largest absolute Gasteiger partial charge is 0.128 e. The van der Waals surface area contributed by atoms with Gasteiger partial charge < -0.3 is 0 Å². The summed E-state index contributed by atoms with van der Waals surface area (Å²) in [7, 11) is 0. The van der Waals surface area contributed by atoms with Crippen LogP contribution in [-0.2, 0) is 0 Å². The minimum absolute atomic E-state index is 0.670. The van der Waals surface area contributed by atoms with Crippen molar-refractivity contribution in [2.75, 3.05) is 0 Å². The molecule has 1 rings (SSSR count). The number of hydrogen-bond donors (Lipinski definition) is 0. The summed E-state index contributed by atoms with van der Waals surface area (Å²) < 4.78 is 0. The zero-order valence-electron chi connectivity index (χ0n) is 6.93. The summed E-state index contributed by atoms with van der Waals surface area (Å²) in [6.45, 7) is 4.41. The molecule has 0 N–H and O–H groups in total. The molecule has 62 valence electrons. The Morgan fingerprint density at radius 2 is 2.27 bits per heavy atom. The van der Waals surface area contributed by atoms with Gasteiger partial charge >= 0.3 is 0 Å². The Morgan fingerprint density at radius 3 is 2.82 bits per heavy atom. The van der Waals surface area contributed by atoms with Gasteiger partial charge in [0, 0.05) is 10.3 Å². The zero-order chi connectivity index (χ0) is 8.27. The second-order valence-corrected chi connectivity index (χ2v) is 5.04. The van der Waals surface area contributed by atoms with Crippen molar-refractivity contribution in [3.63, 3.8) is 0 Å². The molecule has 1 aliphatic rings. The number of hydrogen-bond acceptors (Lipinski definition) is 1. The highest BCUT2D eigenvalue weighted by Gasteiger charge is 2.05. The van der Waals surface area contributed by atoms with Gasteiger partial charge in [0.05, 0.1) is 0 Å². The summed E-state index contributed by atoms with van der Waals surface area (Å²) in [4.78, 5) is 1.42. The van der Waals surface area contributed by atoms with Gasteiger partial charge in [0.25, 0.3) is 0 Å². The van der Waals surface area contributed by atoms with Crippen LogP contribution in [0.25, 0.3) is 0 Å². The molecule has 0 nitrogen and oxygen atoms in total. The van der Waals surface area contributed by atoms with Gasteiger partial charge in [-0.2, -0.15) is 0 Å². The van der Waals surface area contributed by atoms with E-state index >= 15 is 0 Å².